The van der Waals surface area contributed by atoms with Crippen molar-refractivity contribution in [1.29, 1.82) is 0 Å². The smallest absolute Gasteiger partial charge is 0.164 e. The minimum Gasteiger partial charge on any atom is -0.368 e. The molecule has 2 aromatic carbocycles. The number of rotatable bonds is 5. The summed E-state index contributed by atoms with van der Waals surface area (Å²) in [6.07, 6.45) is 1.57. The molecule has 0 spiro atoms. The number of anilines is 1. The van der Waals surface area contributed by atoms with E-state index in [-0.39, 0.29) is 5.92 Å². The molecule has 5 nitrogen and oxygen atoms in total. The minimum atomic E-state index is 0.220. The fourth-order valence-corrected chi connectivity index (χ4v) is 3.78. The molecule has 0 saturated carbocycles. The van der Waals surface area contributed by atoms with E-state index in [0.29, 0.717) is 0 Å². The van der Waals surface area contributed by atoms with Crippen molar-refractivity contribution in [1.82, 2.24) is 19.7 Å². The summed E-state index contributed by atoms with van der Waals surface area (Å²) in [6.45, 7) is 0.724. The van der Waals surface area contributed by atoms with Crippen LogP contribution in [0.3, 0.4) is 0 Å². The first-order valence-electron chi connectivity index (χ1n) is 8.41. The van der Waals surface area contributed by atoms with E-state index in [2.05, 4.69) is 84.8 Å². The standard InChI is InChI=1S/C20H18BrN5/c1-26-20-17(18(21)25-26)19(23-13-24-20)22-12-16(14-8-4-2-5-9-14)15-10-6-3-7-11-15/h2-11,13,16H,12H2,1H3,(H,22,23,24). The second-order valence-corrected chi connectivity index (χ2v) is 6.84. The van der Waals surface area contributed by atoms with Gasteiger partial charge in [-0.15, -0.1) is 0 Å². The van der Waals surface area contributed by atoms with Gasteiger partial charge in [0.1, 0.15) is 16.7 Å². The molecule has 0 amide bonds. The Bertz CT molecular complexity index is 975. The van der Waals surface area contributed by atoms with Crippen molar-refractivity contribution in [3.05, 3.63) is 82.7 Å². The van der Waals surface area contributed by atoms with Crippen LogP contribution in [0.2, 0.25) is 0 Å². The van der Waals surface area contributed by atoms with Crippen LogP contribution in [0.1, 0.15) is 17.0 Å². The summed E-state index contributed by atoms with van der Waals surface area (Å²) < 4.78 is 2.49. The number of aromatic nitrogens is 4. The van der Waals surface area contributed by atoms with Crippen molar-refractivity contribution in [3.63, 3.8) is 0 Å². The molecule has 6 heteroatoms. The Hall–Kier alpha value is -2.73. The first-order valence-corrected chi connectivity index (χ1v) is 9.20. The fraction of sp³-hybridized carbons (Fsp3) is 0.150. The van der Waals surface area contributed by atoms with Gasteiger partial charge in [0.15, 0.2) is 5.65 Å². The van der Waals surface area contributed by atoms with Gasteiger partial charge in [-0.2, -0.15) is 5.10 Å². The molecule has 0 unspecified atom stereocenters. The highest BCUT2D eigenvalue weighted by molar-refractivity contribution is 9.10. The predicted molar refractivity (Wildman–Crippen MR) is 107 cm³/mol. The predicted octanol–water partition coefficient (Wildman–Crippen LogP) is 4.37. The van der Waals surface area contributed by atoms with E-state index in [1.54, 1.807) is 11.0 Å². The van der Waals surface area contributed by atoms with Crippen LogP contribution in [-0.4, -0.2) is 26.3 Å². The Morgan fingerprint density at radius 2 is 1.58 bits per heavy atom. The van der Waals surface area contributed by atoms with Gasteiger partial charge >= 0.3 is 0 Å². The van der Waals surface area contributed by atoms with E-state index in [1.807, 2.05) is 19.2 Å². The van der Waals surface area contributed by atoms with E-state index >= 15 is 0 Å². The summed E-state index contributed by atoms with van der Waals surface area (Å²) in [5, 5.41) is 8.79. The lowest BCUT2D eigenvalue weighted by molar-refractivity contribution is 0.777. The fourth-order valence-electron chi connectivity index (χ4n) is 3.17. The van der Waals surface area contributed by atoms with Gasteiger partial charge < -0.3 is 5.32 Å². The van der Waals surface area contributed by atoms with Gasteiger partial charge in [-0.3, -0.25) is 0 Å². The highest BCUT2D eigenvalue weighted by Crippen LogP contribution is 2.29. The Kier molecular flexibility index (Phi) is 4.67. The van der Waals surface area contributed by atoms with Crippen molar-refractivity contribution in [3.8, 4) is 0 Å². The molecule has 0 aliphatic heterocycles. The zero-order valence-corrected chi connectivity index (χ0v) is 15.9. The van der Waals surface area contributed by atoms with Crippen molar-refractivity contribution in [2.24, 2.45) is 7.05 Å². The number of hydrogen-bond donors (Lipinski definition) is 1. The van der Waals surface area contributed by atoms with Crippen LogP contribution in [0.5, 0.6) is 0 Å². The average Bonchev–Trinajstić information content (AvgIpc) is 2.98. The number of halogens is 1. The number of aryl methyl sites for hydroxylation is 1. The van der Waals surface area contributed by atoms with E-state index in [9.17, 15) is 0 Å². The van der Waals surface area contributed by atoms with Gasteiger partial charge in [-0.05, 0) is 27.1 Å². The van der Waals surface area contributed by atoms with Crippen molar-refractivity contribution in [2.45, 2.75) is 5.92 Å². The summed E-state index contributed by atoms with van der Waals surface area (Å²) in [4.78, 5) is 8.76. The van der Waals surface area contributed by atoms with Crippen LogP contribution in [0.4, 0.5) is 5.82 Å². The molecule has 0 saturated heterocycles. The lowest BCUT2D eigenvalue weighted by Gasteiger charge is -2.19. The van der Waals surface area contributed by atoms with Gasteiger partial charge in [0.2, 0.25) is 0 Å². The molecule has 0 atom stereocenters. The average molecular weight is 408 g/mol. The number of nitrogens with one attached hydrogen (secondary N) is 1. The third-order valence-corrected chi connectivity index (χ3v) is 5.01. The summed E-state index contributed by atoms with van der Waals surface area (Å²) in [6, 6.07) is 21.0. The molecule has 4 aromatic rings. The minimum absolute atomic E-state index is 0.220. The SMILES string of the molecule is Cn1nc(Br)c2c(NCC(c3ccccc3)c3ccccc3)ncnc21. The Morgan fingerprint density at radius 1 is 0.962 bits per heavy atom. The zero-order valence-electron chi connectivity index (χ0n) is 14.3. The van der Waals surface area contributed by atoms with Gasteiger partial charge in [-0.1, -0.05) is 60.7 Å². The highest BCUT2D eigenvalue weighted by atomic mass is 79.9. The van der Waals surface area contributed by atoms with E-state index in [1.165, 1.54) is 11.1 Å². The third kappa shape index (κ3) is 3.20. The van der Waals surface area contributed by atoms with Crippen molar-refractivity contribution in [2.75, 3.05) is 11.9 Å². The molecule has 130 valence electrons. The van der Waals surface area contributed by atoms with Gasteiger partial charge in [0.05, 0.1) is 5.39 Å². The molecule has 0 radical (unpaired) electrons. The molecule has 4 rings (SSSR count). The Morgan fingerprint density at radius 3 is 2.19 bits per heavy atom. The summed E-state index contributed by atoms with van der Waals surface area (Å²) in [5.74, 6) is 1.00. The monoisotopic (exact) mass is 407 g/mol. The number of fused-ring (bicyclic) bond motifs is 1. The maximum absolute atomic E-state index is 4.43. The lowest BCUT2D eigenvalue weighted by atomic mass is 9.91. The van der Waals surface area contributed by atoms with Crippen LogP contribution in [-0.2, 0) is 7.05 Å². The molecule has 0 bridgehead atoms. The largest absolute Gasteiger partial charge is 0.368 e. The molecular formula is C20H18BrN5. The first kappa shape index (κ1) is 16.7. The summed E-state index contributed by atoms with van der Waals surface area (Å²) in [7, 11) is 1.88. The Balaban J connectivity index is 1.68. The lowest BCUT2D eigenvalue weighted by Crippen LogP contribution is -2.15. The zero-order chi connectivity index (χ0) is 17.9. The second kappa shape index (κ2) is 7.25. The molecule has 2 heterocycles. The van der Waals surface area contributed by atoms with E-state index in [4.69, 9.17) is 0 Å². The third-order valence-electron chi connectivity index (χ3n) is 4.46. The van der Waals surface area contributed by atoms with Crippen LogP contribution in [0.25, 0.3) is 11.0 Å². The van der Waals surface area contributed by atoms with Gasteiger partial charge in [0, 0.05) is 19.5 Å². The maximum atomic E-state index is 4.43. The van der Waals surface area contributed by atoms with E-state index < -0.39 is 0 Å². The van der Waals surface area contributed by atoms with Crippen LogP contribution in [0, 0.1) is 0 Å². The second-order valence-electron chi connectivity index (χ2n) is 6.09. The van der Waals surface area contributed by atoms with Crippen molar-refractivity contribution < 1.29 is 0 Å². The number of benzene rings is 2. The van der Waals surface area contributed by atoms with Gasteiger partial charge in [-0.25, -0.2) is 14.6 Å². The molecule has 26 heavy (non-hydrogen) atoms. The van der Waals surface area contributed by atoms with Crippen LogP contribution < -0.4 is 5.32 Å². The molecule has 2 aromatic heterocycles. The van der Waals surface area contributed by atoms with Crippen LogP contribution >= 0.6 is 15.9 Å². The van der Waals surface area contributed by atoms with Crippen molar-refractivity contribution >= 4 is 32.8 Å². The topological polar surface area (TPSA) is 55.6 Å². The quantitative estimate of drug-likeness (QED) is 0.533. The normalized spacial score (nSPS) is 11.2. The molecule has 0 aliphatic carbocycles. The first-order chi connectivity index (χ1) is 12.7. The van der Waals surface area contributed by atoms with Crippen LogP contribution in [0.15, 0.2) is 71.6 Å². The summed E-state index contributed by atoms with van der Waals surface area (Å²) >= 11 is 3.51. The number of hydrogen-bond acceptors (Lipinski definition) is 4. The maximum Gasteiger partial charge on any atom is 0.164 e. The molecule has 1 N–H and O–H groups in total. The Labute approximate surface area is 160 Å². The summed E-state index contributed by atoms with van der Waals surface area (Å²) in [5.41, 5.74) is 3.33. The molecular weight excluding hydrogens is 390 g/mol. The molecule has 0 aliphatic rings. The molecule has 0 fully saturated rings. The van der Waals surface area contributed by atoms with E-state index in [0.717, 1.165) is 28.0 Å². The highest BCUT2D eigenvalue weighted by Gasteiger charge is 2.17. The van der Waals surface area contributed by atoms with Gasteiger partial charge in [0.25, 0.3) is 0 Å². The number of nitrogens with zero attached hydrogens (tertiary/aromatic N) is 4.